The number of nitrogens with zero attached hydrogens (tertiary/aromatic N) is 1. The van der Waals surface area contributed by atoms with Crippen molar-refractivity contribution in [3.05, 3.63) is 33.3 Å². The van der Waals surface area contributed by atoms with E-state index in [0.717, 1.165) is 34.7 Å². The Balaban J connectivity index is 2.79. The first-order valence-electron chi connectivity index (χ1n) is 8.16. The number of allylic oxidation sites excluding steroid dienone is 1. The van der Waals surface area contributed by atoms with E-state index < -0.39 is 19.0 Å². The third kappa shape index (κ3) is 7.40. The summed E-state index contributed by atoms with van der Waals surface area (Å²) in [4.78, 5) is 4.39. The fourth-order valence-corrected chi connectivity index (χ4v) is 3.03. The Morgan fingerprint density at radius 3 is 2.70 bits per heavy atom. The van der Waals surface area contributed by atoms with Gasteiger partial charge in [-0.15, -0.1) is 11.3 Å². The summed E-state index contributed by atoms with van der Waals surface area (Å²) in [6.45, 7) is 7.62. The lowest BCUT2D eigenvalue weighted by molar-refractivity contribution is -0.0699. The zero-order valence-electron chi connectivity index (χ0n) is 14.6. The summed E-state index contributed by atoms with van der Waals surface area (Å²) in [6, 6.07) is 0. The highest BCUT2D eigenvalue weighted by Crippen LogP contribution is 2.19. The van der Waals surface area contributed by atoms with E-state index in [4.69, 9.17) is 9.84 Å². The van der Waals surface area contributed by atoms with Gasteiger partial charge in [0.25, 0.3) is 0 Å². The molecule has 1 heterocycles. The molecule has 130 valence electrons. The number of ether oxygens (including phenoxy) is 1. The number of rotatable bonds is 10. The van der Waals surface area contributed by atoms with Crippen molar-refractivity contribution in [1.82, 2.24) is 4.98 Å². The molecule has 2 N–H and O–H groups in total. The predicted molar refractivity (Wildman–Crippen MR) is 96.4 cm³/mol. The van der Waals surface area contributed by atoms with Gasteiger partial charge in [-0.2, -0.15) is 0 Å². The summed E-state index contributed by atoms with van der Waals surface area (Å²) >= 11 is 1.58. The Morgan fingerprint density at radius 1 is 1.39 bits per heavy atom. The molecule has 0 aromatic carbocycles. The second-order valence-electron chi connectivity index (χ2n) is 5.86. The molecule has 0 amide bonds. The van der Waals surface area contributed by atoms with Crippen LogP contribution in [0.15, 0.2) is 22.6 Å². The van der Waals surface area contributed by atoms with E-state index >= 15 is 0 Å². The van der Waals surface area contributed by atoms with Crippen LogP contribution in [0.4, 0.5) is 0 Å². The molecule has 0 aliphatic rings. The fourth-order valence-electron chi connectivity index (χ4n) is 2.46. The third-order valence-corrected chi connectivity index (χ3v) is 4.45. The summed E-state index contributed by atoms with van der Waals surface area (Å²) in [7, 11) is 0. The Hall–Kier alpha value is -1.01. The van der Waals surface area contributed by atoms with Crippen LogP contribution in [0.3, 0.4) is 0 Å². The van der Waals surface area contributed by atoms with Gasteiger partial charge in [-0.1, -0.05) is 31.4 Å². The zero-order valence-corrected chi connectivity index (χ0v) is 15.4. The Morgan fingerprint density at radius 2 is 2.13 bits per heavy atom. The lowest BCUT2D eigenvalue weighted by Crippen LogP contribution is -2.29. The van der Waals surface area contributed by atoms with Gasteiger partial charge in [0.1, 0.15) is 19.0 Å². The van der Waals surface area contributed by atoms with Gasteiger partial charge >= 0.3 is 0 Å². The van der Waals surface area contributed by atoms with E-state index in [2.05, 4.69) is 11.9 Å². The maximum Gasteiger partial charge on any atom is 0.144 e. The first-order chi connectivity index (χ1) is 11.0. The van der Waals surface area contributed by atoms with E-state index in [0.29, 0.717) is 0 Å². The molecule has 1 aromatic heterocycles. The van der Waals surface area contributed by atoms with Gasteiger partial charge in [-0.3, -0.25) is 0 Å². The molecule has 0 spiro atoms. The van der Waals surface area contributed by atoms with E-state index in [9.17, 15) is 5.11 Å². The quantitative estimate of drug-likeness (QED) is 0.383. The lowest BCUT2D eigenvalue weighted by Gasteiger charge is -2.21. The largest absolute Gasteiger partial charge is 0.386 e. The molecule has 0 saturated carbocycles. The number of aromatic nitrogens is 1. The molecule has 1 rings (SSSR count). The van der Waals surface area contributed by atoms with Crippen LogP contribution in [0.1, 0.15) is 57.2 Å². The topological polar surface area (TPSA) is 62.6 Å². The van der Waals surface area contributed by atoms with Crippen molar-refractivity contribution in [3.63, 3.8) is 0 Å². The minimum absolute atomic E-state index is 0.425. The van der Waals surface area contributed by atoms with Crippen LogP contribution in [-0.2, 0) is 4.74 Å². The molecule has 0 bridgehead atoms. The highest BCUT2D eigenvalue weighted by molar-refractivity contribution is 7.09. The Bertz CT molecular complexity index is 522. The highest BCUT2D eigenvalue weighted by Gasteiger charge is 2.20. The van der Waals surface area contributed by atoms with Gasteiger partial charge in [0.05, 0.1) is 10.7 Å². The van der Waals surface area contributed by atoms with Crippen molar-refractivity contribution in [2.45, 2.75) is 65.6 Å². The molecular formula is C18H29NO3S. The van der Waals surface area contributed by atoms with Gasteiger partial charge in [0.15, 0.2) is 0 Å². The van der Waals surface area contributed by atoms with E-state index in [1.165, 1.54) is 12.8 Å². The summed E-state index contributed by atoms with van der Waals surface area (Å²) in [5, 5.41) is 22.5. The number of hydrogen-bond acceptors (Lipinski definition) is 5. The first kappa shape index (κ1) is 20.0. The minimum atomic E-state index is -0.778. The van der Waals surface area contributed by atoms with Gasteiger partial charge in [-0.25, -0.2) is 4.98 Å². The number of aliphatic hydroxyl groups excluding tert-OH is 2. The highest BCUT2D eigenvalue weighted by atomic mass is 32.1. The molecule has 0 aliphatic carbocycles. The Labute approximate surface area is 143 Å². The maximum atomic E-state index is 10.4. The SMILES string of the molecule is CCCCC/C(C)=C\C(O)C(OCO)/C(C)=C/c1csc(C)n1. The molecule has 1 aromatic rings. The summed E-state index contributed by atoms with van der Waals surface area (Å²) in [5.41, 5.74) is 2.84. The molecule has 4 nitrogen and oxygen atoms in total. The normalized spacial score (nSPS) is 15.7. The van der Waals surface area contributed by atoms with Crippen LogP contribution < -0.4 is 0 Å². The molecule has 0 fully saturated rings. The molecule has 2 unspecified atom stereocenters. The third-order valence-electron chi connectivity index (χ3n) is 3.66. The van der Waals surface area contributed by atoms with Crippen molar-refractivity contribution in [3.8, 4) is 0 Å². The van der Waals surface area contributed by atoms with Gasteiger partial charge < -0.3 is 14.9 Å². The van der Waals surface area contributed by atoms with Crippen molar-refractivity contribution >= 4 is 17.4 Å². The first-order valence-corrected chi connectivity index (χ1v) is 9.04. The van der Waals surface area contributed by atoms with Crippen LogP contribution >= 0.6 is 11.3 Å². The maximum absolute atomic E-state index is 10.4. The number of hydrogen-bond donors (Lipinski definition) is 2. The predicted octanol–water partition coefficient (Wildman–Crippen LogP) is 4.08. The van der Waals surface area contributed by atoms with E-state index in [1.54, 1.807) is 11.3 Å². The fraction of sp³-hybridized carbons (Fsp3) is 0.611. The lowest BCUT2D eigenvalue weighted by atomic mass is 10.0. The average molecular weight is 340 g/mol. The van der Waals surface area contributed by atoms with Crippen molar-refractivity contribution in [2.75, 3.05) is 6.79 Å². The second-order valence-corrected chi connectivity index (χ2v) is 6.92. The number of thiazole rings is 1. The molecule has 5 heteroatoms. The van der Waals surface area contributed by atoms with Gasteiger partial charge in [0.2, 0.25) is 0 Å². The average Bonchev–Trinajstić information content (AvgIpc) is 2.89. The smallest absolute Gasteiger partial charge is 0.144 e. The van der Waals surface area contributed by atoms with Crippen molar-refractivity contribution < 1.29 is 14.9 Å². The molecule has 0 saturated heterocycles. The summed E-state index contributed by atoms with van der Waals surface area (Å²) in [6.07, 6.45) is 6.87. The van der Waals surface area contributed by atoms with Crippen LogP contribution in [0.25, 0.3) is 6.08 Å². The zero-order chi connectivity index (χ0) is 17.2. The standard InChI is InChI=1S/C18H29NO3S/c1-5-6-7-8-13(2)9-17(21)18(22-12-20)14(3)10-16-11-23-15(4)19-16/h9-11,17-18,20-21H,5-8,12H2,1-4H3/b13-9-,14-10+. The molecule has 23 heavy (non-hydrogen) atoms. The summed E-state index contributed by atoms with van der Waals surface area (Å²) in [5.74, 6) is 0. The number of unbranched alkanes of at least 4 members (excludes halogenated alkanes) is 2. The van der Waals surface area contributed by atoms with E-state index in [-0.39, 0.29) is 0 Å². The van der Waals surface area contributed by atoms with E-state index in [1.807, 2.05) is 38.3 Å². The van der Waals surface area contributed by atoms with Crippen LogP contribution in [0.5, 0.6) is 0 Å². The van der Waals surface area contributed by atoms with Gasteiger partial charge in [-0.05, 0) is 45.3 Å². The van der Waals surface area contributed by atoms with Crippen LogP contribution in [0, 0.1) is 6.92 Å². The Kier molecular flexibility index (Phi) is 9.33. The van der Waals surface area contributed by atoms with Crippen LogP contribution in [0.2, 0.25) is 0 Å². The van der Waals surface area contributed by atoms with Gasteiger partial charge in [0, 0.05) is 5.38 Å². The molecule has 0 radical (unpaired) electrons. The van der Waals surface area contributed by atoms with Crippen molar-refractivity contribution in [1.29, 1.82) is 0 Å². The molecular weight excluding hydrogens is 310 g/mol. The molecule has 2 atom stereocenters. The summed E-state index contributed by atoms with van der Waals surface area (Å²) < 4.78 is 5.34. The minimum Gasteiger partial charge on any atom is -0.386 e. The number of aryl methyl sites for hydroxylation is 1. The monoisotopic (exact) mass is 339 g/mol. The second kappa shape index (κ2) is 10.7. The van der Waals surface area contributed by atoms with Crippen molar-refractivity contribution in [2.24, 2.45) is 0 Å². The van der Waals surface area contributed by atoms with Crippen LogP contribution in [-0.4, -0.2) is 34.2 Å². The number of aliphatic hydroxyl groups is 2. The molecule has 0 aliphatic heterocycles.